The summed E-state index contributed by atoms with van der Waals surface area (Å²) in [5.74, 6) is 1.93. The van der Waals surface area contributed by atoms with Gasteiger partial charge in [-0.25, -0.2) is 0 Å². The first kappa shape index (κ1) is 12.9. The molecule has 0 spiro atoms. The van der Waals surface area contributed by atoms with Crippen LogP contribution in [0.2, 0.25) is 0 Å². The van der Waals surface area contributed by atoms with Crippen LogP contribution < -0.4 is 5.73 Å². The fraction of sp³-hybridized carbons (Fsp3) is 1.00. The third-order valence-corrected chi connectivity index (χ3v) is 5.04. The molecule has 0 radical (unpaired) electrons. The number of nitrogens with zero attached hydrogens (tertiary/aromatic N) is 1. The van der Waals surface area contributed by atoms with Gasteiger partial charge in [-0.15, -0.1) is 0 Å². The third-order valence-electron chi connectivity index (χ3n) is 5.04. The van der Waals surface area contributed by atoms with Crippen LogP contribution in [0.25, 0.3) is 0 Å². The molecule has 1 aliphatic heterocycles. The molecule has 3 heteroatoms. The Morgan fingerprint density at radius 3 is 2.22 bits per heavy atom. The van der Waals surface area contributed by atoms with Gasteiger partial charge in [0.1, 0.15) is 0 Å². The minimum absolute atomic E-state index is 0.239. The first-order chi connectivity index (χ1) is 8.72. The maximum Gasteiger partial charge on any atom is 0.0565 e. The number of nitrogens with two attached hydrogens (primary N) is 1. The van der Waals surface area contributed by atoms with E-state index in [1.165, 1.54) is 38.8 Å². The zero-order valence-electron chi connectivity index (χ0n) is 11.7. The van der Waals surface area contributed by atoms with E-state index in [-0.39, 0.29) is 5.54 Å². The largest absolute Gasteiger partial charge is 0.378 e. The molecule has 3 fully saturated rings. The first-order valence-electron chi connectivity index (χ1n) is 7.78. The SMILES string of the molecule is CC1CC(CN)(N(CC2CC2)CC2CC2)CCO1. The van der Waals surface area contributed by atoms with E-state index in [9.17, 15) is 0 Å². The van der Waals surface area contributed by atoms with Gasteiger partial charge < -0.3 is 10.5 Å². The Hall–Kier alpha value is -0.120. The number of hydrogen-bond donors (Lipinski definition) is 1. The van der Waals surface area contributed by atoms with Gasteiger partial charge in [0, 0.05) is 31.8 Å². The van der Waals surface area contributed by atoms with Gasteiger partial charge in [-0.3, -0.25) is 4.90 Å². The van der Waals surface area contributed by atoms with Crippen LogP contribution >= 0.6 is 0 Å². The van der Waals surface area contributed by atoms with E-state index in [0.717, 1.165) is 37.8 Å². The molecule has 1 heterocycles. The highest BCUT2D eigenvalue weighted by Crippen LogP contribution is 2.39. The second-order valence-corrected chi connectivity index (χ2v) is 6.86. The molecule has 0 aromatic heterocycles. The number of hydrogen-bond acceptors (Lipinski definition) is 3. The summed E-state index contributed by atoms with van der Waals surface area (Å²) in [6, 6.07) is 0. The summed E-state index contributed by atoms with van der Waals surface area (Å²) in [4.78, 5) is 2.77. The van der Waals surface area contributed by atoms with Crippen LogP contribution in [0.5, 0.6) is 0 Å². The lowest BCUT2D eigenvalue weighted by atomic mass is 9.84. The van der Waals surface area contributed by atoms with Crippen molar-refractivity contribution in [1.82, 2.24) is 4.90 Å². The molecule has 3 aliphatic rings. The molecule has 2 unspecified atom stereocenters. The normalized spacial score (nSPS) is 37.2. The van der Waals surface area contributed by atoms with E-state index >= 15 is 0 Å². The lowest BCUT2D eigenvalue weighted by Gasteiger charge is -2.48. The Bertz CT molecular complexity index is 274. The molecular formula is C15H28N2O. The van der Waals surface area contributed by atoms with E-state index in [4.69, 9.17) is 10.5 Å². The smallest absolute Gasteiger partial charge is 0.0565 e. The van der Waals surface area contributed by atoms with Crippen LogP contribution in [0.3, 0.4) is 0 Å². The zero-order valence-corrected chi connectivity index (χ0v) is 11.7. The van der Waals surface area contributed by atoms with Crippen molar-refractivity contribution in [3.05, 3.63) is 0 Å². The Balaban J connectivity index is 1.70. The lowest BCUT2D eigenvalue weighted by Crippen LogP contribution is -2.59. The van der Waals surface area contributed by atoms with Gasteiger partial charge in [-0.05, 0) is 57.3 Å². The molecule has 2 aliphatic carbocycles. The van der Waals surface area contributed by atoms with Crippen molar-refractivity contribution in [2.45, 2.75) is 57.1 Å². The molecule has 0 aromatic carbocycles. The Labute approximate surface area is 111 Å². The molecular weight excluding hydrogens is 224 g/mol. The zero-order chi connectivity index (χ0) is 12.6. The summed E-state index contributed by atoms with van der Waals surface area (Å²) >= 11 is 0. The van der Waals surface area contributed by atoms with Crippen molar-refractivity contribution >= 4 is 0 Å². The molecule has 2 atom stereocenters. The van der Waals surface area contributed by atoms with Crippen molar-refractivity contribution in [3.8, 4) is 0 Å². The van der Waals surface area contributed by atoms with E-state index in [1.807, 2.05) is 0 Å². The lowest BCUT2D eigenvalue weighted by molar-refractivity contribution is -0.0665. The molecule has 104 valence electrons. The Morgan fingerprint density at radius 2 is 1.78 bits per heavy atom. The van der Waals surface area contributed by atoms with E-state index in [0.29, 0.717) is 6.10 Å². The molecule has 0 amide bonds. The Kier molecular flexibility index (Phi) is 3.65. The van der Waals surface area contributed by atoms with Crippen LogP contribution in [0.15, 0.2) is 0 Å². The van der Waals surface area contributed by atoms with Gasteiger partial charge in [-0.1, -0.05) is 0 Å². The van der Waals surface area contributed by atoms with Crippen molar-refractivity contribution in [3.63, 3.8) is 0 Å². The van der Waals surface area contributed by atoms with Gasteiger partial charge in [0.2, 0.25) is 0 Å². The monoisotopic (exact) mass is 252 g/mol. The Morgan fingerprint density at radius 1 is 1.17 bits per heavy atom. The molecule has 18 heavy (non-hydrogen) atoms. The second-order valence-electron chi connectivity index (χ2n) is 6.86. The summed E-state index contributed by atoms with van der Waals surface area (Å²) in [7, 11) is 0. The minimum Gasteiger partial charge on any atom is -0.378 e. The molecule has 2 N–H and O–H groups in total. The molecule has 3 rings (SSSR count). The molecule has 0 aromatic rings. The quantitative estimate of drug-likeness (QED) is 0.786. The van der Waals surface area contributed by atoms with Crippen molar-refractivity contribution in [2.24, 2.45) is 17.6 Å². The van der Waals surface area contributed by atoms with Gasteiger partial charge in [0.25, 0.3) is 0 Å². The van der Waals surface area contributed by atoms with Gasteiger partial charge >= 0.3 is 0 Å². The maximum atomic E-state index is 6.20. The highest BCUT2D eigenvalue weighted by molar-refractivity contribution is 4.99. The summed E-state index contributed by atoms with van der Waals surface area (Å²) in [6.07, 6.45) is 8.39. The predicted octanol–water partition coefficient (Wildman–Crippen LogP) is 2.00. The fourth-order valence-corrected chi connectivity index (χ4v) is 3.43. The van der Waals surface area contributed by atoms with Crippen molar-refractivity contribution < 1.29 is 4.74 Å². The van der Waals surface area contributed by atoms with Crippen molar-refractivity contribution in [2.75, 3.05) is 26.2 Å². The first-order valence-corrected chi connectivity index (χ1v) is 7.78. The van der Waals surface area contributed by atoms with E-state index in [2.05, 4.69) is 11.8 Å². The molecule has 3 nitrogen and oxygen atoms in total. The fourth-order valence-electron chi connectivity index (χ4n) is 3.43. The topological polar surface area (TPSA) is 38.5 Å². The van der Waals surface area contributed by atoms with Crippen LogP contribution in [0.4, 0.5) is 0 Å². The summed E-state index contributed by atoms with van der Waals surface area (Å²) in [5.41, 5.74) is 6.44. The maximum absolute atomic E-state index is 6.20. The highest BCUT2D eigenvalue weighted by atomic mass is 16.5. The highest BCUT2D eigenvalue weighted by Gasteiger charge is 2.43. The average molecular weight is 252 g/mol. The molecule has 1 saturated heterocycles. The summed E-state index contributed by atoms with van der Waals surface area (Å²) in [5, 5.41) is 0. The van der Waals surface area contributed by atoms with Gasteiger partial charge in [0.15, 0.2) is 0 Å². The standard InChI is InChI=1S/C15H28N2O/c1-12-8-15(11-16,6-7-18-12)17(9-13-2-3-13)10-14-4-5-14/h12-14H,2-11,16H2,1H3. The molecule has 0 bridgehead atoms. The van der Waals surface area contributed by atoms with Gasteiger partial charge in [0.05, 0.1) is 6.10 Å². The van der Waals surface area contributed by atoms with E-state index in [1.54, 1.807) is 0 Å². The van der Waals surface area contributed by atoms with E-state index < -0.39 is 0 Å². The summed E-state index contributed by atoms with van der Waals surface area (Å²) < 4.78 is 5.74. The minimum atomic E-state index is 0.239. The van der Waals surface area contributed by atoms with Crippen LogP contribution in [-0.4, -0.2) is 42.8 Å². The summed E-state index contributed by atoms with van der Waals surface area (Å²) in [6.45, 7) is 6.49. The van der Waals surface area contributed by atoms with Crippen LogP contribution in [-0.2, 0) is 4.74 Å². The number of ether oxygens (including phenoxy) is 1. The predicted molar refractivity (Wildman–Crippen MR) is 73.5 cm³/mol. The average Bonchev–Trinajstić information content (AvgIpc) is 3.22. The van der Waals surface area contributed by atoms with Crippen LogP contribution in [0, 0.1) is 11.8 Å². The second kappa shape index (κ2) is 5.10. The molecule has 2 saturated carbocycles. The third kappa shape index (κ3) is 2.89. The van der Waals surface area contributed by atoms with Gasteiger partial charge in [-0.2, -0.15) is 0 Å². The van der Waals surface area contributed by atoms with Crippen LogP contribution in [0.1, 0.15) is 45.4 Å². The van der Waals surface area contributed by atoms with Crippen molar-refractivity contribution in [1.29, 1.82) is 0 Å². The number of rotatable bonds is 6.